The molecule has 0 aromatic rings. The van der Waals surface area contributed by atoms with Gasteiger partial charge in [-0.3, -0.25) is 0 Å². The lowest BCUT2D eigenvalue weighted by atomic mass is 10.2. The highest BCUT2D eigenvalue weighted by Gasteiger charge is 2.26. The molecule has 0 saturated heterocycles. The molecule has 0 radical (unpaired) electrons. The zero-order chi connectivity index (χ0) is 8.91. The SMILES string of the molecule is CC(C)COCCC(F)(F)F. The summed E-state index contributed by atoms with van der Waals surface area (Å²) in [6, 6.07) is 0. The number of alkyl halides is 3. The predicted octanol–water partition coefficient (Wildman–Crippen LogP) is 2.61. The molecule has 0 atom stereocenters. The number of rotatable bonds is 4. The number of ether oxygens (including phenoxy) is 1. The Hall–Kier alpha value is -0.250. The first-order chi connectivity index (χ1) is 4.92. The van der Waals surface area contributed by atoms with Gasteiger partial charge in [-0.05, 0) is 5.92 Å². The van der Waals surface area contributed by atoms with E-state index in [2.05, 4.69) is 0 Å². The lowest BCUT2D eigenvalue weighted by Crippen LogP contribution is -2.13. The minimum Gasteiger partial charge on any atom is -0.381 e. The molecule has 11 heavy (non-hydrogen) atoms. The molecule has 1 nitrogen and oxygen atoms in total. The number of hydrogen-bond acceptors (Lipinski definition) is 1. The molecular weight excluding hydrogens is 157 g/mol. The molecule has 0 N–H and O–H groups in total. The van der Waals surface area contributed by atoms with Crippen LogP contribution in [0, 0.1) is 5.92 Å². The van der Waals surface area contributed by atoms with Crippen molar-refractivity contribution in [3.63, 3.8) is 0 Å². The van der Waals surface area contributed by atoms with E-state index in [1.54, 1.807) is 0 Å². The largest absolute Gasteiger partial charge is 0.391 e. The van der Waals surface area contributed by atoms with Gasteiger partial charge in [0.25, 0.3) is 0 Å². The Morgan fingerprint density at radius 3 is 2.18 bits per heavy atom. The molecule has 0 fully saturated rings. The van der Waals surface area contributed by atoms with Crippen LogP contribution in [-0.2, 0) is 4.74 Å². The molecule has 68 valence electrons. The molecule has 0 amide bonds. The fourth-order valence-corrected chi connectivity index (χ4v) is 0.507. The summed E-state index contributed by atoms with van der Waals surface area (Å²) in [5.41, 5.74) is 0. The third-order valence-corrected chi connectivity index (χ3v) is 0.981. The van der Waals surface area contributed by atoms with Crippen molar-refractivity contribution in [1.82, 2.24) is 0 Å². The second kappa shape index (κ2) is 4.59. The minimum atomic E-state index is -4.09. The molecule has 0 aromatic heterocycles. The van der Waals surface area contributed by atoms with Crippen LogP contribution < -0.4 is 0 Å². The fraction of sp³-hybridized carbons (Fsp3) is 1.00. The van der Waals surface area contributed by atoms with Crippen LogP contribution in [0.1, 0.15) is 20.3 Å². The van der Waals surface area contributed by atoms with Gasteiger partial charge < -0.3 is 4.74 Å². The maximum absolute atomic E-state index is 11.5. The molecule has 0 aliphatic heterocycles. The highest BCUT2D eigenvalue weighted by atomic mass is 19.4. The van der Waals surface area contributed by atoms with E-state index in [-0.39, 0.29) is 6.61 Å². The Bertz CT molecular complexity index is 98.3. The van der Waals surface area contributed by atoms with Crippen LogP contribution >= 0.6 is 0 Å². The maximum atomic E-state index is 11.5. The lowest BCUT2D eigenvalue weighted by Gasteiger charge is -2.08. The molecule has 0 aliphatic rings. The second-order valence-electron chi connectivity index (χ2n) is 2.83. The number of hydrogen-bond donors (Lipinski definition) is 0. The molecule has 0 aliphatic carbocycles. The van der Waals surface area contributed by atoms with Crippen LogP contribution in [0.15, 0.2) is 0 Å². The second-order valence-corrected chi connectivity index (χ2v) is 2.83. The topological polar surface area (TPSA) is 9.23 Å². The van der Waals surface area contributed by atoms with E-state index in [0.29, 0.717) is 12.5 Å². The van der Waals surface area contributed by atoms with Gasteiger partial charge in [0.1, 0.15) is 0 Å². The van der Waals surface area contributed by atoms with Crippen molar-refractivity contribution in [1.29, 1.82) is 0 Å². The van der Waals surface area contributed by atoms with Gasteiger partial charge in [0.2, 0.25) is 0 Å². The first-order valence-electron chi connectivity index (χ1n) is 3.56. The monoisotopic (exact) mass is 170 g/mol. The summed E-state index contributed by atoms with van der Waals surface area (Å²) < 4.78 is 39.3. The zero-order valence-electron chi connectivity index (χ0n) is 6.74. The third-order valence-electron chi connectivity index (χ3n) is 0.981. The Morgan fingerprint density at radius 2 is 1.82 bits per heavy atom. The highest BCUT2D eigenvalue weighted by Crippen LogP contribution is 2.18. The van der Waals surface area contributed by atoms with Crippen LogP contribution in [0.25, 0.3) is 0 Å². The van der Waals surface area contributed by atoms with Crippen LogP contribution in [0.3, 0.4) is 0 Å². The normalized spacial score (nSPS) is 12.5. The van der Waals surface area contributed by atoms with E-state index in [1.807, 2.05) is 13.8 Å². The summed E-state index contributed by atoms with van der Waals surface area (Å²) in [5.74, 6) is 0.295. The van der Waals surface area contributed by atoms with E-state index in [1.165, 1.54) is 0 Å². The van der Waals surface area contributed by atoms with Crippen molar-refractivity contribution < 1.29 is 17.9 Å². The molecule has 0 aromatic carbocycles. The Labute approximate surface area is 64.5 Å². The van der Waals surface area contributed by atoms with Gasteiger partial charge in [-0.25, -0.2) is 0 Å². The summed E-state index contributed by atoms with van der Waals surface area (Å²) in [4.78, 5) is 0. The van der Waals surface area contributed by atoms with Crippen LogP contribution in [0.4, 0.5) is 13.2 Å². The molecule has 0 heterocycles. The first kappa shape index (κ1) is 10.8. The Kier molecular flexibility index (Phi) is 4.49. The summed E-state index contributed by atoms with van der Waals surface area (Å²) >= 11 is 0. The molecule has 0 saturated carbocycles. The van der Waals surface area contributed by atoms with Gasteiger partial charge in [-0.1, -0.05) is 13.8 Å². The average molecular weight is 170 g/mol. The highest BCUT2D eigenvalue weighted by molar-refractivity contribution is 4.48. The fourth-order valence-electron chi connectivity index (χ4n) is 0.507. The summed E-state index contributed by atoms with van der Waals surface area (Å²) in [6.07, 6.45) is -4.93. The van der Waals surface area contributed by atoms with Crippen molar-refractivity contribution in [2.75, 3.05) is 13.2 Å². The van der Waals surface area contributed by atoms with E-state index in [4.69, 9.17) is 4.74 Å². The standard InChI is InChI=1S/C7H13F3O/c1-6(2)5-11-4-3-7(8,9)10/h6H,3-5H2,1-2H3. The zero-order valence-corrected chi connectivity index (χ0v) is 6.74. The molecule has 0 rings (SSSR count). The smallest absolute Gasteiger partial charge is 0.381 e. The first-order valence-corrected chi connectivity index (χ1v) is 3.56. The number of halogens is 3. The molecule has 0 spiro atoms. The van der Waals surface area contributed by atoms with E-state index in [0.717, 1.165) is 0 Å². The van der Waals surface area contributed by atoms with Gasteiger partial charge in [0.15, 0.2) is 0 Å². The van der Waals surface area contributed by atoms with Crippen LogP contribution in [-0.4, -0.2) is 19.4 Å². The van der Waals surface area contributed by atoms with Crippen LogP contribution in [0.2, 0.25) is 0 Å². The van der Waals surface area contributed by atoms with E-state index in [9.17, 15) is 13.2 Å². The van der Waals surface area contributed by atoms with Crippen molar-refractivity contribution >= 4 is 0 Å². The Balaban J connectivity index is 3.15. The van der Waals surface area contributed by atoms with E-state index >= 15 is 0 Å². The molecule has 4 heteroatoms. The van der Waals surface area contributed by atoms with Gasteiger partial charge in [-0.2, -0.15) is 13.2 Å². The van der Waals surface area contributed by atoms with Crippen molar-refractivity contribution in [3.05, 3.63) is 0 Å². The molecular formula is C7H13F3O. The van der Waals surface area contributed by atoms with Gasteiger partial charge in [0, 0.05) is 6.61 Å². The summed E-state index contributed by atoms with van der Waals surface area (Å²) in [7, 11) is 0. The minimum absolute atomic E-state index is 0.221. The van der Waals surface area contributed by atoms with Crippen molar-refractivity contribution in [2.45, 2.75) is 26.4 Å². The van der Waals surface area contributed by atoms with Gasteiger partial charge in [-0.15, -0.1) is 0 Å². The summed E-state index contributed by atoms with van der Waals surface area (Å²) in [6.45, 7) is 3.97. The van der Waals surface area contributed by atoms with Crippen LogP contribution in [0.5, 0.6) is 0 Å². The maximum Gasteiger partial charge on any atom is 0.391 e. The van der Waals surface area contributed by atoms with E-state index < -0.39 is 12.6 Å². The Morgan fingerprint density at radius 1 is 1.27 bits per heavy atom. The summed E-state index contributed by atoms with van der Waals surface area (Å²) in [5, 5.41) is 0. The van der Waals surface area contributed by atoms with Crippen molar-refractivity contribution in [3.8, 4) is 0 Å². The third kappa shape index (κ3) is 9.75. The average Bonchev–Trinajstić information content (AvgIpc) is 1.78. The van der Waals surface area contributed by atoms with Crippen molar-refractivity contribution in [2.24, 2.45) is 5.92 Å². The predicted molar refractivity (Wildman–Crippen MR) is 36.3 cm³/mol. The van der Waals surface area contributed by atoms with Gasteiger partial charge >= 0.3 is 6.18 Å². The molecule has 0 bridgehead atoms. The molecule has 0 unspecified atom stereocenters. The van der Waals surface area contributed by atoms with Gasteiger partial charge in [0.05, 0.1) is 13.0 Å². The quantitative estimate of drug-likeness (QED) is 0.589. The lowest BCUT2D eigenvalue weighted by molar-refractivity contribution is -0.145.